The molecule has 1 aliphatic heterocycles. The molecule has 0 fully saturated rings. The molecule has 0 radical (unpaired) electrons. The summed E-state index contributed by atoms with van der Waals surface area (Å²) in [4.78, 5) is 9.49. The largest absolute Gasteiger partial charge is 0.387 e. The van der Waals surface area contributed by atoms with E-state index in [4.69, 9.17) is 10.7 Å². The number of aliphatic imine (C=N–C) groups is 1. The van der Waals surface area contributed by atoms with Crippen molar-refractivity contribution in [1.29, 1.82) is 0 Å². The maximum Gasteiger partial charge on any atom is 0.158 e. The van der Waals surface area contributed by atoms with E-state index in [-0.39, 0.29) is 11.8 Å². The average Bonchev–Trinajstić information content (AvgIpc) is 2.67. The summed E-state index contributed by atoms with van der Waals surface area (Å²) in [5.41, 5.74) is 9.69. The van der Waals surface area contributed by atoms with Gasteiger partial charge in [-0.2, -0.15) is 0 Å². The van der Waals surface area contributed by atoms with Crippen LogP contribution in [0.1, 0.15) is 29.9 Å². The second kappa shape index (κ2) is 5.67. The SMILES string of the molecule is CC1c2cc3c(ccc4ccccc43)nc2N=C(N)C1c1ccccc1. The number of fused-ring (bicyclic) bond motifs is 4. The lowest BCUT2D eigenvalue weighted by molar-refractivity contribution is 0.687. The lowest BCUT2D eigenvalue weighted by Crippen LogP contribution is -2.29. The predicted molar refractivity (Wildman–Crippen MR) is 108 cm³/mol. The van der Waals surface area contributed by atoms with Crippen molar-refractivity contribution in [2.45, 2.75) is 18.8 Å². The fraction of sp³-hybridized carbons (Fsp3) is 0.130. The number of hydrogen-bond acceptors (Lipinski definition) is 3. The van der Waals surface area contributed by atoms with Gasteiger partial charge >= 0.3 is 0 Å². The Morgan fingerprint density at radius 3 is 2.46 bits per heavy atom. The van der Waals surface area contributed by atoms with Gasteiger partial charge in [0.2, 0.25) is 0 Å². The summed E-state index contributed by atoms with van der Waals surface area (Å²) in [5, 5.41) is 3.63. The summed E-state index contributed by atoms with van der Waals surface area (Å²) in [7, 11) is 0. The Balaban J connectivity index is 1.75. The Bertz CT molecular complexity index is 1160. The molecule has 0 saturated heterocycles. The molecule has 2 heterocycles. The number of hydrogen-bond donors (Lipinski definition) is 1. The van der Waals surface area contributed by atoms with Crippen LogP contribution >= 0.6 is 0 Å². The molecule has 0 aliphatic carbocycles. The van der Waals surface area contributed by atoms with Gasteiger partial charge in [0, 0.05) is 16.9 Å². The first kappa shape index (κ1) is 15.1. The van der Waals surface area contributed by atoms with Crippen LogP contribution < -0.4 is 5.73 Å². The molecule has 2 N–H and O–H groups in total. The molecule has 4 aromatic rings. The maximum absolute atomic E-state index is 6.36. The van der Waals surface area contributed by atoms with Gasteiger partial charge in [0.15, 0.2) is 5.82 Å². The van der Waals surface area contributed by atoms with Crippen LogP contribution in [0, 0.1) is 0 Å². The molecule has 0 saturated carbocycles. The number of rotatable bonds is 1. The number of benzene rings is 3. The quantitative estimate of drug-likeness (QED) is 0.481. The van der Waals surface area contributed by atoms with Crippen LogP contribution in [0.15, 0.2) is 77.8 Å². The highest BCUT2D eigenvalue weighted by molar-refractivity contribution is 6.07. The Morgan fingerprint density at radius 1 is 0.846 bits per heavy atom. The molecule has 3 aromatic carbocycles. The Hall–Kier alpha value is -3.20. The van der Waals surface area contributed by atoms with Crippen molar-refractivity contribution in [2.24, 2.45) is 10.7 Å². The van der Waals surface area contributed by atoms with Crippen LogP contribution in [0.5, 0.6) is 0 Å². The number of aromatic nitrogens is 1. The van der Waals surface area contributed by atoms with Crippen LogP contribution in [0.2, 0.25) is 0 Å². The van der Waals surface area contributed by atoms with E-state index >= 15 is 0 Å². The summed E-state index contributed by atoms with van der Waals surface area (Å²) in [6.07, 6.45) is 0. The Labute approximate surface area is 152 Å². The molecule has 3 nitrogen and oxygen atoms in total. The third kappa shape index (κ3) is 2.21. The summed E-state index contributed by atoms with van der Waals surface area (Å²) in [6, 6.07) is 25.3. The highest BCUT2D eigenvalue weighted by atomic mass is 15.0. The van der Waals surface area contributed by atoms with E-state index in [1.165, 1.54) is 21.7 Å². The molecule has 1 aromatic heterocycles. The normalized spacial score (nSPS) is 19.3. The van der Waals surface area contributed by atoms with Crippen LogP contribution in [0.3, 0.4) is 0 Å². The second-order valence-corrected chi connectivity index (χ2v) is 6.97. The minimum absolute atomic E-state index is 0.0814. The van der Waals surface area contributed by atoms with Gasteiger partial charge in [-0.25, -0.2) is 9.98 Å². The molecule has 5 rings (SSSR count). The van der Waals surface area contributed by atoms with Crippen LogP contribution in [-0.2, 0) is 0 Å². The van der Waals surface area contributed by atoms with Gasteiger partial charge in [-0.3, -0.25) is 0 Å². The minimum Gasteiger partial charge on any atom is -0.387 e. The van der Waals surface area contributed by atoms with Crippen molar-refractivity contribution in [3.05, 3.63) is 83.9 Å². The summed E-state index contributed by atoms with van der Waals surface area (Å²) in [6.45, 7) is 2.22. The first-order valence-corrected chi connectivity index (χ1v) is 8.94. The van der Waals surface area contributed by atoms with Crippen molar-refractivity contribution in [3.8, 4) is 0 Å². The molecular formula is C23H19N3. The average molecular weight is 337 g/mol. The van der Waals surface area contributed by atoms with Crippen molar-refractivity contribution in [1.82, 2.24) is 4.98 Å². The maximum atomic E-state index is 6.36. The van der Waals surface area contributed by atoms with Crippen LogP contribution in [0.25, 0.3) is 21.7 Å². The van der Waals surface area contributed by atoms with Crippen LogP contribution in [0.4, 0.5) is 5.82 Å². The second-order valence-electron chi connectivity index (χ2n) is 6.97. The Kier molecular flexibility index (Phi) is 3.29. The molecule has 2 atom stereocenters. The summed E-state index contributed by atoms with van der Waals surface area (Å²) >= 11 is 0. The molecule has 2 unspecified atom stereocenters. The van der Waals surface area contributed by atoms with Gasteiger partial charge in [0.05, 0.1) is 5.52 Å². The van der Waals surface area contributed by atoms with Gasteiger partial charge in [-0.05, 0) is 34.4 Å². The lowest BCUT2D eigenvalue weighted by Gasteiger charge is -2.29. The van der Waals surface area contributed by atoms with E-state index in [2.05, 4.69) is 78.6 Å². The number of amidine groups is 1. The number of pyridine rings is 1. The predicted octanol–water partition coefficient (Wildman–Crippen LogP) is 5.28. The molecule has 3 heteroatoms. The standard InChI is InChI=1S/C23H19N3/c1-14-18-13-19-17-10-6-5-7-15(17)11-12-20(19)25-23(18)26-22(24)21(14)16-8-3-2-4-9-16/h2-14,21H,1H3,(H2,24,25,26). The molecule has 0 spiro atoms. The van der Waals surface area contributed by atoms with Crippen molar-refractivity contribution >= 4 is 33.3 Å². The van der Waals surface area contributed by atoms with Gasteiger partial charge in [0.25, 0.3) is 0 Å². The van der Waals surface area contributed by atoms with Gasteiger partial charge in [-0.1, -0.05) is 67.6 Å². The van der Waals surface area contributed by atoms with E-state index in [1.807, 2.05) is 6.07 Å². The third-order valence-corrected chi connectivity index (χ3v) is 5.43. The first-order valence-electron chi connectivity index (χ1n) is 8.94. The Morgan fingerprint density at radius 2 is 1.62 bits per heavy atom. The summed E-state index contributed by atoms with van der Waals surface area (Å²) < 4.78 is 0. The van der Waals surface area contributed by atoms with Crippen molar-refractivity contribution in [3.63, 3.8) is 0 Å². The smallest absolute Gasteiger partial charge is 0.158 e. The first-order chi connectivity index (χ1) is 12.7. The molecule has 0 bridgehead atoms. The van der Waals surface area contributed by atoms with Gasteiger partial charge < -0.3 is 5.73 Å². The highest BCUT2D eigenvalue weighted by Gasteiger charge is 2.31. The number of nitrogens with zero attached hydrogens (tertiary/aromatic N) is 2. The highest BCUT2D eigenvalue weighted by Crippen LogP contribution is 2.42. The topological polar surface area (TPSA) is 51.3 Å². The van der Waals surface area contributed by atoms with E-state index in [9.17, 15) is 0 Å². The van der Waals surface area contributed by atoms with Gasteiger partial charge in [0.1, 0.15) is 5.84 Å². The minimum atomic E-state index is 0.0814. The zero-order chi connectivity index (χ0) is 17.7. The van der Waals surface area contributed by atoms with E-state index in [1.54, 1.807) is 0 Å². The fourth-order valence-electron chi connectivity index (χ4n) is 4.10. The zero-order valence-electron chi connectivity index (χ0n) is 14.6. The molecular weight excluding hydrogens is 318 g/mol. The molecule has 1 aliphatic rings. The van der Waals surface area contributed by atoms with Crippen molar-refractivity contribution in [2.75, 3.05) is 0 Å². The molecule has 26 heavy (non-hydrogen) atoms. The molecule has 126 valence electrons. The van der Waals surface area contributed by atoms with E-state index in [0.717, 1.165) is 16.9 Å². The summed E-state index contributed by atoms with van der Waals surface area (Å²) in [5.74, 6) is 1.70. The van der Waals surface area contributed by atoms with E-state index in [0.29, 0.717) is 5.84 Å². The van der Waals surface area contributed by atoms with Crippen LogP contribution in [-0.4, -0.2) is 10.8 Å². The fourth-order valence-corrected chi connectivity index (χ4v) is 4.10. The lowest BCUT2D eigenvalue weighted by atomic mass is 9.80. The van der Waals surface area contributed by atoms with Gasteiger partial charge in [-0.15, -0.1) is 0 Å². The number of nitrogens with two attached hydrogens (primary N) is 1. The van der Waals surface area contributed by atoms with E-state index < -0.39 is 0 Å². The van der Waals surface area contributed by atoms with Crippen molar-refractivity contribution < 1.29 is 0 Å². The zero-order valence-corrected chi connectivity index (χ0v) is 14.6. The third-order valence-electron chi connectivity index (χ3n) is 5.43. The monoisotopic (exact) mass is 337 g/mol. The molecule has 0 amide bonds.